The molecule has 2 heterocycles. The topological polar surface area (TPSA) is 71.5 Å². The van der Waals surface area contributed by atoms with E-state index in [0.717, 1.165) is 11.5 Å². The Morgan fingerprint density at radius 2 is 2.18 bits per heavy atom. The third-order valence-corrected chi connectivity index (χ3v) is 3.76. The normalized spacial score (nSPS) is 20.0. The van der Waals surface area contributed by atoms with Gasteiger partial charge in [0.2, 0.25) is 0 Å². The first-order valence-electron chi connectivity index (χ1n) is 7.17. The summed E-state index contributed by atoms with van der Waals surface area (Å²) in [5.74, 6) is 0.648. The minimum Gasteiger partial charge on any atom is -0.472 e. The molecule has 1 aliphatic heterocycles. The number of hydrogen-bond donors (Lipinski definition) is 1. The van der Waals surface area contributed by atoms with Crippen molar-refractivity contribution in [3.05, 3.63) is 53.7 Å². The van der Waals surface area contributed by atoms with E-state index >= 15 is 0 Å². The third kappa shape index (κ3) is 2.86. The summed E-state index contributed by atoms with van der Waals surface area (Å²) >= 11 is 0. The molecular formula is C16H17N3O3. The summed E-state index contributed by atoms with van der Waals surface area (Å²) in [6.45, 7) is 0.494. The second-order valence-electron chi connectivity index (χ2n) is 5.25. The van der Waals surface area contributed by atoms with Gasteiger partial charge < -0.3 is 15.0 Å². The number of nitrogens with one attached hydrogen (secondary N) is 1. The summed E-state index contributed by atoms with van der Waals surface area (Å²) in [4.78, 5) is 29.2. The van der Waals surface area contributed by atoms with Crippen LogP contribution >= 0.6 is 0 Å². The number of amides is 1. The molecule has 22 heavy (non-hydrogen) atoms. The minimum absolute atomic E-state index is 0.0544. The Balaban J connectivity index is 1.51. The molecule has 1 aliphatic carbocycles. The Hall–Kier alpha value is -2.63. The highest BCUT2D eigenvalue weighted by Crippen LogP contribution is 2.31. The third-order valence-electron chi connectivity index (χ3n) is 3.76. The first kappa shape index (κ1) is 14.3. The molecule has 6 heteroatoms. The maximum atomic E-state index is 11.9. The fraction of sp³-hybridized carbons (Fsp3) is 0.312. The van der Waals surface area contributed by atoms with E-state index < -0.39 is 0 Å². The monoisotopic (exact) mass is 299 g/mol. The zero-order valence-corrected chi connectivity index (χ0v) is 12.3. The van der Waals surface area contributed by atoms with Crippen molar-refractivity contribution in [1.82, 2.24) is 15.2 Å². The summed E-state index contributed by atoms with van der Waals surface area (Å²) in [5, 5.41) is 2.86. The number of ketones is 1. The maximum Gasteiger partial charge on any atom is 0.251 e. The molecule has 1 N–H and O–H groups in total. The average Bonchev–Trinajstić information content (AvgIpc) is 2.83. The van der Waals surface area contributed by atoms with Crippen molar-refractivity contribution in [1.29, 1.82) is 0 Å². The number of aromatic nitrogens is 1. The average molecular weight is 299 g/mol. The molecule has 3 rings (SSSR count). The van der Waals surface area contributed by atoms with Crippen LogP contribution in [0.5, 0.6) is 0 Å². The van der Waals surface area contributed by atoms with E-state index in [-0.39, 0.29) is 17.9 Å². The molecule has 1 unspecified atom stereocenters. The lowest BCUT2D eigenvalue weighted by molar-refractivity contribution is -0.114. The van der Waals surface area contributed by atoms with Crippen LogP contribution in [0.4, 0.5) is 0 Å². The van der Waals surface area contributed by atoms with E-state index in [2.05, 4.69) is 10.3 Å². The number of nitrogens with zero attached hydrogens (tertiary/aromatic N) is 2. The molecule has 2 aliphatic rings. The standard InChI is InChI=1S/C16H17N3O3/c1-19-13-3-2-12(20)10-14(13)22-15(19)6-9-18-16(21)11-4-7-17-8-5-11/h2-5,7-8,15H,6,9-10H2,1H3,(H,18,21). The van der Waals surface area contributed by atoms with E-state index in [1.54, 1.807) is 36.7 Å². The van der Waals surface area contributed by atoms with Gasteiger partial charge in [0.1, 0.15) is 5.76 Å². The Morgan fingerprint density at radius 3 is 2.95 bits per heavy atom. The molecule has 1 aromatic heterocycles. The lowest BCUT2D eigenvalue weighted by atomic mass is 10.1. The first-order chi connectivity index (χ1) is 10.6. The van der Waals surface area contributed by atoms with Crippen LogP contribution in [0.2, 0.25) is 0 Å². The van der Waals surface area contributed by atoms with Crippen molar-refractivity contribution < 1.29 is 14.3 Å². The van der Waals surface area contributed by atoms with Crippen LogP contribution in [0.15, 0.2) is 48.1 Å². The van der Waals surface area contributed by atoms with E-state index in [1.807, 2.05) is 11.9 Å². The fourth-order valence-electron chi connectivity index (χ4n) is 2.55. The van der Waals surface area contributed by atoms with Gasteiger partial charge in [-0.05, 0) is 24.3 Å². The van der Waals surface area contributed by atoms with Gasteiger partial charge in [0.05, 0.1) is 12.1 Å². The molecule has 114 valence electrons. The Labute approximate surface area is 128 Å². The number of ether oxygens (including phenoxy) is 1. The molecule has 1 amide bonds. The van der Waals surface area contributed by atoms with E-state index in [9.17, 15) is 9.59 Å². The molecule has 1 atom stereocenters. The molecule has 0 bridgehead atoms. The van der Waals surface area contributed by atoms with Crippen LogP contribution in [0.1, 0.15) is 23.2 Å². The fourth-order valence-corrected chi connectivity index (χ4v) is 2.55. The molecule has 0 saturated carbocycles. The predicted octanol–water partition coefficient (Wildman–Crippen LogP) is 1.23. The van der Waals surface area contributed by atoms with Gasteiger partial charge in [-0.1, -0.05) is 0 Å². The number of hydrogen-bond acceptors (Lipinski definition) is 5. The Kier molecular flexibility index (Phi) is 3.91. The molecule has 6 nitrogen and oxygen atoms in total. The highest BCUT2D eigenvalue weighted by molar-refractivity contribution is 5.94. The van der Waals surface area contributed by atoms with E-state index in [4.69, 9.17) is 4.74 Å². The number of rotatable bonds is 4. The van der Waals surface area contributed by atoms with Crippen molar-refractivity contribution in [3.8, 4) is 0 Å². The van der Waals surface area contributed by atoms with Gasteiger partial charge in [-0.15, -0.1) is 0 Å². The van der Waals surface area contributed by atoms with Gasteiger partial charge in [-0.25, -0.2) is 0 Å². The molecule has 0 aromatic carbocycles. The summed E-state index contributed by atoms with van der Waals surface area (Å²) < 4.78 is 5.81. The van der Waals surface area contributed by atoms with Crippen LogP contribution in [0.25, 0.3) is 0 Å². The Bertz CT molecular complexity index is 652. The summed E-state index contributed by atoms with van der Waals surface area (Å²) in [5.41, 5.74) is 1.53. The van der Waals surface area contributed by atoms with Crippen LogP contribution in [-0.2, 0) is 9.53 Å². The van der Waals surface area contributed by atoms with Gasteiger partial charge in [-0.2, -0.15) is 0 Å². The van der Waals surface area contributed by atoms with Crippen molar-refractivity contribution in [2.45, 2.75) is 19.1 Å². The Morgan fingerprint density at radius 1 is 1.41 bits per heavy atom. The molecule has 0 saturated heterocycles. The maximum absolute atomic E-state index is 11.9. The van der Waals surface area contributed by atoms with Crippen LogP contribution in [-0.4, -0.2) is 41.4 Å². The SMILES string of the molecule is CN1C2=C(CC(=O)C=C2)OC1CCNC(=O)c1ccncc1. The minimum atomic E-state index is -0.154. The van der Waals surface area contributed by atoms with Crippen molar-refractivity contribution in [2.24, 2.45) is 0 Å². The van der Waals surface area contributed by atoms with E-state index in [1.165, 1.54) is 0 Å². The number of carbonyl (C=O) groups is 2. The molecule has 0 radical (unpaired) electrons. The zero-order chi connectivity index (χ0) is 15.5. The van der Waals surface area contributed by atoms with Crippen LogP contribution in [0.3, 0.4) is 0 Å². The summed E-state index contributed by atoms with van der Waals surface area (Å²) in [6.07, 6.45) is 7.34. The van der Waals surface area contributed by atoms with Crippen molar-refractivity contribution >= 4 is 11.7 Å². The van der Waals surface area contributed by atoms with E-state index in [0.29, 0.717) is 24.9 Å². The molecule has 0 fully saturated rings. The van der Waals surface area contributed by atoms with Gasteiger partial charge in [0, 0.05) is 38.0 Å². The number of allylic oxidation sites excluding steroid dienone is 3. The highest BCUT2D eigenvalue weighted by atomic mass is 16.5. The van der Waals surface area contributed by atoms with Gasteiger partial charge in [-0.3, -0.25) is 14.6 Å². The number of likely N-dealkylation sites (N-methyl/N-ethyl adjacent to an activating group) is 1. The second kappa shape index (κ2) is 6.01. The first-order valence-corrected chi connectivity index (χ1v) is 7.17. The second-order valence-corrected chi connectivity index (χ2v) is 5.25. The number of carbonyl (C=O) groups excluding carboxylic acids is 2. The molecule has 1 aromatic rings. The van der Waals surface area contributed by atoms with Crippen molar-refractivity contribution in [2.75, 3.05) is 13.6 Å². The highest BCUT2D eigenvalue weighted by Gasteiger charge is 2.31. The zero-order valence-electron chi connectivity index (χ0n) is 12.3. The predicted molar refractivity (Wildman–Crippen MR) is 79.6 cm³/mol. The molecular weight excluding hydrogens is 282 g/mol. The summed E-state index contributed by atoms with van der Waals surface area (Å²) in [6, 6.07) is 3.34. The van der Waals surface area contributed by atoms with Crippen LogP contribution < -0.4 is 5.32 Å². The quantitative estimate of drug-likeness (QED) is 0.905. The lowest BCUT2D eigenvalue weighted by Crippen LogP contribution is -2.32. The number of pyridine rings is 1. The summed E-state index contributed by atoms with van der Waals surface area (Å²) in [7, 11) is 1.93. The van der Waals surface area contributed by atoms with Gasteiger partial charge in [0.15, 0.2) is 12.0 Å². The molecule has 0 spiro atoms. The van der Waals surface area contributed by atoms with Crippen molar-refractivity contribution in [3.63, 3.8) is 0 Å². The van der Waals surface area contributed by atoms with Gasteiger partial charge in [0.25, 0.3) is 5.91 Å². The lowest BCUT2D eigenvalue weighted by Gasteiger charge is -2.22. The largest absolute Gasteiger partial charge is 0.472 e. The smallest absolute Gasteiger partial charge is 0.251 e. The van der Waals surface area contributed by atoms with Gasteiger partial charge >= 0.3 is 0 Å². The van der Waals surface area contributed by atoms with Crippen LogP contribution in [0, 0.1) is 0 Å².